The van der Waals surface area contributed by atoms with Crippen molar-refractivity contribution < 1.29 is 22.3 Å². The van der Waals surface area contributed by atoms with Gasteiger partial charge in [-0.2, -0.15) is 13.2 Å². The van der Waals surface area contributed by atoms with Crippen molar-refractivity contribution in [2.45, 2.75) is 38.5 Å². The second kappa shape index (κ2) is 6.26. The van der Waals surface area contributed by atoms with E-state index in [0.29, 0.717) is 0 Å². The molecular formula is C17H21F3O2Si. The highest BCUT2D eigenvalue weighted by Crippen LogP contribution is 2.45. The molecule has 0 N–H and O–H groups in total. The summed E-state index contributed by atoms with van der Waals surface area (Å²) in [6, 6.07) is 11.8. The van der Waals surface area contributed by atoms with Gasteiger partial charge in [0.15, 0.2) is 8.32 Å². The van der Waals surface area contributed by atoms with Gasteiger partial charge in [0.25, 0.3) is 5.79 Å². The zero-order valence-electron chi connectivity index (χ0n) is 13.7. The normalized spacial score (nSPS) is 15.6. The molecule has 126 valence electrons. The summed E-state index contributed by atoms with van der Waals surface area (Å²) < 4.78 is 52.6. The minimum Gasteiger partial charge on any atom is -0.380 e. The molecule has 0 saturated carbocycles. The SMILES string of the molecule is CCOC(O[Si](C)(C)C)(c1ccc2cccc-2cc1)C(F)(F)F. The number of hydrogen-bond donors (Lipinski definition) is 0. The third kappa shape index (κ3) is 3.76. The lowest BCUT2D eigenvalue weighted by Crippen LogP contribution is -2.52. The Balaban J connectivity index is 2.64. The van der Waals surface area contributed by atoms with Gasteiger partial charge in [-0.3, -0.25) is 0 Å². The molecule has 2 aliphatic carbocycles. The first-order chi connectivity index (χ1) is 10.6. The van der Waals surface area contributed by atoms with E-state index < -0.39 is 20.3 Å². The Morgan fingerprint density at radius 3 is 1.83 bits per heavy atom. The average Bonchev–Trinajstić information content (AvgIpc) is 2.74. The number of ether oxygens (including phenoxy) is 1. The van der Waals surface area contributed by atoms with Gasteiger partial charge in [0.05, 0.1) is 0 Å². The van der Waals surface area contributed by atoms with Gasteiger partial charge in [-0.25, -0.2) is 0 Å². The van der Waals surface area contributed by atoms with E-state index in [4.69, 9.17) is 9.16 Å². The Morgan fingerprint density at radius 2 is 1.43 bits per heavy atom. The van der Waals surface area contributed by atoms with Gasteiger partial charge in [0.1, 0.15) is 0 Å². The van der Waals surface area contributed by atoms with E-state index in [2.05, 4.69) is 0 Å². The van der Waals surface area contributed by atoms with Crippen LogP contribution in [0.4, 0.5) is 13.2 Å². The summed E-state index contributed by atoms with van der Waals surface area (Å²) in [7, 11) is -2.54. The van der Waals surface area contributed by atoms with E-state index in [1.165, 1.54) is 19.1 Å². The van der Waals surface area contributed by atoms with Crippen LogP contribution in [0.25, 0.3) is 11.1 Å². The summed E-state index contributed by atoms with van der Waals surface area (Å²) in [5.74, 6) is -2.73. The van der Waals surface area contributed by atoms with Crippen LogP contribution in [0.1, 0.15) is 12.5 Å². The maximum atomic E-state index is 13.9. The Bertz CT molecular complexity index is 606. The molecule has 23 heavy (non-hydrogen) atoms. The summed E-state index contributed by atoms with van der Waals surface area (Å²) in [5, 5.41) is 0. The lowest BCUT2D eigenvalue weighted by atomic mass is 10.1. The molecule has 0 spiro atoms. The zero-order valence-corrected chi connectivity index (χ0v) is 14.7. The zero-order chi connectivity index (χ0) is 17.3. The Morgan fingerprint density at radius 1 is 0.913 bits per heavy atom. The second-order valence-corrected chi connectivity index (χ2v) is 10.7. The van der Waals surface area contributed by atoms with E-state index in [-0.39, 0.29) is 12.2 Å². The highest BCUT2D eigenvalue weighted by atomic mass is 28.4. The van der Waals surface area contributed by atoms with Crippen LogP contribution >= 0.6 is 0 Å². The van der Waals surface area contributed by atoms with E-state index in [9.17, 15) is 13.2 Å². The Labute approximate surface area is 135 Å². The molecule has 2 nitrogen and oxygen atoms in total. The van der Waals surface area contributed by atoms with Crippen molar-refractivity contribution in [1.82, 2.24) is 0 Å². The maximum absolute atomic E-state index is 13.9. The average molecular weight is 342 g/mol. The number of alkyl halides is 3. The molecule has 0 radical (unpaired) electrons. The van der Waals surface area contributed by atoms with Crippen molar-refractivity contribution in [2.75, 3.05) is 6.61 Å². The minimum absolute atomic E-state index is 0.0366. The van der Waals surface area contributed by atoms with Gasteiger partial charge < -0.3 is 9.16 Å². The first-order valence-corrected chi connectivity index (χ1v) is 10.9. The van der Waals surface area contributed by atoms with Gasteiger partial charge in [0.2, 0.25) is 0 Å². The molecule has 0 bridgehead atoms. The predicted octanol–water partition coefficient (Wildman–Crippen LogP) is 5.39. The van der Waals surface area contributed by atoms with Gasteiger partial charge in [0, 0.05) is 12.2 Å². The monoisotopic (exact) mass is 342 g/mol. The van der Waals surface area contributed by atoms with E-state index in [1.807, 2.05) is 18.2 Å². The maximum Gasteiger partial charge on any atom is 0.447 e. The van der Waals surface area contributed by atoms with Gasteiger partial charge in [-0.05, 0) is 37.7 Å². The largest absolute Gasteiger partial charge is 0.447 e. The van der Waals surface area contributed by atoms with E-state index >= 15 is 0 Å². The molecule has 0 heterocycles. The topological polar surface area (TPSA) is 18.5 Å². The lowest BCUT2D eigenvalue weighted by Gasteiger charge is -2.39. The van der Waals surface area contributed by atoms with Gasteiger partial charge in [-0.1, -0.05) is 42.5 Å². The van der Waals surface area contributed by atoms with Crippen LogP contribution in [-0.2, 0) is 14.9 Å². The fourth-order valence-electron chi connectivity index (χ4n) is 2.50. The van der Waals surface area contributed by atoms with Crippen molar-refractivity contribution in [1.29, 1.82) is 0 Å². The first kappa shape index (κ1) is 18.0. The van der Waals surface area contributed by atoms with E-state index in [0.717, 1.165) is 11.1 Å². The molecule has 0 aromatic heterocycles. The van der Waals surface area contributed by atoms with Crippen LogP contribution < -0.4 is 0 Å². The quantitative estimate of drug-likeness (QED) is 0.535. The third-order valence-corrected chi connectivity index (χ3v) is 4.22. The number of fused-ring (bicyclic) bond motifs is 1. The molecule has 2 aliphatic rings. The van der Waals surface area contributed by atoms with Crippen molar-refractivity contribution in [2.24, 2.45) is 0 Å². The van der Waals surface area contributed by atoms with Crippen LogP contribution in [0, 0.1) is 0 Å². The molecule has 0 fully saturated rings. The number of halogens is 3. The Hall–Kier alpha value is -1.37. The smallest absolute Gasteiger partial charge is 0.380 e. The molecule has 0 aliphatic heterocycles. The summed E-state index contributed by atoms with van der Waals surface area (Å²) in [6.07, 6.45) is -4.68. The van der Waals surface area contributed by atoms with Crippen LogP contribution in [0.2, 0.25) is 19.6 Å². The van der Waals surface area contributed by atoms with Crippen molar-refractivity contribution >= 4 is 8.32 Å². The lowest BCUT2D eigenvalue weighted by molar-refractivity contribution is -0.365. The van der Waals surface area contributed by atoms with Crippen LogP contribution in [0.5, 0.6) is 0 Å². The number of hydrogen-bond acceptors (Lipinski definition) is 2. The van der Waals surface area contributed by atoms with Crippen molar-refractivity contribution in [3.63, 3.8) is 0 Å². The predicted molar refractivity (Wildman–Crippen MR) is 86.9 cm³/mol. The molecule has 1 atom stereocenters. The third-order valence-electron chi connectivity index (χ3n) is 3.32. The second-order valence-electron chi connectivity index (χ2n) is 6.32. The van der Waals surface area contributed by atoms with Gasteiger partial charge >= 0.3 is 6.18 Å². The summed E-state index contributed by atoms with van der Waals surface area (Å²) in [5.41, 5.74) is 1.71. The molecule has 1 unspecified atom stereocenters. The molecular weight excluding hydrogens is 321 g/mol. The molecule has 0 saturated heterocycles. The van der Waals surface area contributed by atoms with Gasteiger partial charge in [-0.15, -0.1) is 0 Å². The minimum atomic E-state index is -4.68. The molecule has 0 amide bonds. The van der Waals surface area contributed by atoms with Crippen molar-refractivity contribution in [3.05, 3.63) is 48.0 Å². The highest BCUT2D eigenvalue weighted by molar-refractivity contribution is 6.69. The summed E-state index contributed by atoms with van der Waals surface area (Å²) >= 11 is 0. The molecule has 2 rings (SSSR count). The van der Waals surface area contributed by atoms with Crippen LogP contribution in [0.3, 0.4) is 0 Å². The summed E-state index contributed by atoms with van der Waals surface area (Å²) in [4.78, 5) is 0. The summed E-state index contributed by atoms with van der Waals surface area (Å²) in [6.45, 7) is 6.58. The molecule has 6 heteroatoms. The van der Waals surface area contributed by atoms with Crippen LogP contribution in [0.15, 0.2) is 42.5 Å². The van der Waals surface area contributed by atoms with Crippen molar-refractivity contribution in [3.8, 4) is 11.1 Å². The molecule has 0 aromatic rings. The fourth-order valence-corrected chi connectivity index (χ4v) is 3.65. The first-order valence-electron chi connectivity index (χ1n) is 7.49. The fraction of sp³-hybridized carbons (Fsp3) is 0.412. The van der Waals surface area contributed by atoms with E-state index in [1.54, 1.807) is 31.8 Å². The molecule has 0 aromatic carbocycles. The number of rotatable bonds is 5. The Kier molecular flexibility index (Phi) is 4.89. The highest BCUT2D eigenvalue weighted by Gasteiger charge is 2.60. The standard InChI is InChI=1S/C17H21F3O2Si/c1-5-21-16(17(18,19)20,22-23(2,3)4)15-11-9-13-7-6-8-14(13)10-12-15/h6-12H,5H2,1-4H3. The van der Waals surface area contributed by atoms with Crippen LogP contribution in [-0.4, -0.2) is 21.1 Å².